The SMILES string of the molecule is COc1cc(C=CC(=O)OCC(=O)Nc2ccc3c(c2)OCCO3)ccc1O. The van der Waals surface area contributed by atoms with Gasteiger partial charge < -0.3 is 29.4 Å². The minimum atomic E-state index is -0.677. The highest BCUT2D eigenvalue weighted by Gasteiger charge is 2.13. The molecule has 28 heavy (non-hydrogen) atoms. The standard InChI is InChI=1S/C20H19NO7/c1-25-17-10-13(2-5-15(17)22)3-7-20(24)28-12-19(23)21-14-4-6-16-18(11-14)27-9-8-26-16/h2-7,10-11,22H,8-9,12H2,1H3,(H,21,23). The number of anilines is 1. The van der Waals surface area contributed by atoms with Crippen molar-refractivity contribution in [3.63, 3.8) is 0 Å². The van der Waals surface area contributed by atoms with E-state index >= 15 is 0 Å². The molecule has 0 fully saturated rings. The Labute approximate surface area is 161 Å². The molecule has 1 aliphatic rings. The Morgan fingerprint density at radius 3 is 2.71 bits per heavy atom. The topological polar surface area (TPSA) is 103 Å². The summed E-state index contributed by atoms with van der Waals surface area (Å²) in [6, 6.07) is 9.64. The molecular formula is C20H19NO7. The number of nitrogens with one attached hydrogen (secondary N) is 1. The molecule has 0 saturated heterocycles. The van der Waals surface area contributed by atoms with E-state index in [0.29, 0.717) is 36.0 Å². The summed E-state index contributed by atoms with van der Waals surface area (Å²) in [4.78, 5) is 23.7. The molecule has 0 spiro atoms. The van der Waals surface area contributed by atoms with Crippen LogP contribution in [-0.2, 0) is 14.3 Å². The molecule has 0 saturated carbocycles. The highest BCUT2D eigenvalue weighted by molar-refractivity contribution is 5.94. The third-order valence-corrected chi connectivity index (χ3v) is 3.79. The van der Waals surface area contributed by atoms with Crippen molar-refractivity contribution in [1.82, 2.24) is 0 Å². The first-order valence-corrected chi connectivity index (χ1v) is 8.46. The van der Waals surface area contributed by atoms with Gasteiger partial charge in [0.1, 0.15) is 13.2 Å². The molecule has 8 heteroatoms. The third-order valence-electron chi connectivity index (χ3n) is 3.79. The fraction of sp³-hybridized carbons (Fsp3) is 0.200. The molecule has 2 N–H and O–H groups in total. The lowest BCUT2D eigenvalue weighted by Gasteiger charge is -2.18. The zero-order chi connectivity index (χ0) is 19.9. The van der Waals surface area contributed by atoms with Crippen molar-refractivity contribution < 1.29 is 33.6 Å². The Hall–Kier alpha value is -3.68. The van der Waals surface area contributed by atoms with Crippen LogP contribution >= 0.6 is 0 Å². The van der Waals surface area contributed by atoms with E-state index in [4.69, 9.17) is 18.9 Å². The fourth-order valence-electron chi connectivity index (χ4n) is 2.47. The second-order valence-electron chi connectivity index (χ2n) is 5.78. The third kappa shape index (κ3) is 4.94. The number of phenolic OH excluding ortho intramolecular Hbond substituents is 1. The summed E-state index contributed by atoms with van der Waals surface area (Å²) in [5.74, 6) is 0.293. The number of hydrogen-bond donors (Lipinski definition) is 2. The van der Waals surface area contributed by atoms with Gasteiger partial charge in [0, 0.05) is 17.8 Å². The average Bonchev–Trinajstić information content (AvgIpc) is 2.71. The molecule has 0 aromatic heterocycles. The second-order valence-corrected chi connectivity index (χ2v) is 5.78. The minimum Gasteiger partial charge on any atom is -0.504 e. The monoisotopic (exact) mass is 385 g/mol. The van der Waals surface area contributed by atoms with Gasteiger partial charge in [-0.15, -0.1) is 0 Å². The number of esters is 1. The van der Waals surface area contributed by atoms with Crippen molar-refractivity contribution >= 4 is 23.6 Å². The van der Waals surface area contributed by atoms with E-state index in [1.807, 2.05) is 0 Å². The smallest absolute Gasteiger partial charge is 0.331 e. The molecule has 146 valence electrons. The van der Waals surface area contributed by atoms with E-state index in [1.165, 1.54) is 25.3 Å². The van der Waals surface area contributed by atoms with Gasteiger partial charge in [-0.3, -0.25) is 4.79 Å². The van der Waals surface area contributed by atoms with Crippen molar-refractivity contribution in [2.75, 3.05) is 32.2 Å². The second kappa shape index (κ2) is 8.81. The van der Waals surface area contributed by atoms with Crippen LogP contribution in [0.25, 0.3) is 6.08 Å². The predicted octanol–water partition coefficient (Wildman–Crippen LogP) is 2.37. The summed E-state index contributed by atoms with van der Waals surface area (Å²) >= 11 is 0. The lowest BCUT2D eigenvalue weighted by molar-refractivity contribution is -0.142. The van der Waals surface area contributed by atoms with Crippen LogP contribution in [0.2, 0.25) is 0 Å². The molecule has 0 unspecified atom stereocenters. The lowest BCUT2D eigenvalue weighted by Crippen LogP contribution is -2.20. The number of ether oxygens (including phenoxy) is 4. The summed E-state index contributed by atoms with van der Waals surface area (Å²) in [7, 11) is 1.43. The number of methoxy groups -OCH3 is 1. The van der Waals surface area contributed by atoms with Gasteiger partial charge in [-0.25, -0.2) is 4.79 Å². The van der Waals surface area contributed by atoms with E-state index in [2.05, 4.69) is 5.32 Å². The number of phenols is 1. The summed E-state index contributed by atoms with van der Waals surface area (Å²) in [6.07, 6.45) is 2.67. The zero-order valence-corrected chi connectivity index (χ0v) is 15.1. The number of carbonyl (C=O) groups excluding carboxylic acids is 2. The lowest BCUT2D eigenvalue weighted by atomic mass is 10.2. The molecule has 2 aromatic carbocycles. The summed E-state index contributed by atoms with van der Waals surface area (Å²) < 4.78 is 20.8. The number of aromatic hydroxyl groups is 1. The van der Waals surface area contributed by atoms with E-state index in [0.717, 1.165) is 0 Å². The van der Waals surface area contributed by atoms with Crippen molar-refractivity contribution in [1.29, 1.82) is 0 Å². The van der Waals surface area contributed by atoms with Crippen LogP contribution in [0.15, 0.2) is 42.5 Å². The quantitative estimate of drug-likeness (QED) is 0.581. The molecule has 0 aliphatic carbocycles. The molecule has 3 rings (SSSR count). The first kappa shape index (κ1) is 19.1. The Balaban J connectivity index is 1.49. The highest BCUT2D eigenvalue weighted by Crippen LogP contribution is 2.32. The van der Waals surface area contributed by atoms with Crippen molar-refractivity contribution in [2.24, 2.45) is 0 Å². The van der Waals surface area contributed by atoms with Gasteiger partial charge in [0.05, 0.1) is 7.11 Å². The normalized spacial score (nSPS) is 12.5. The van der Waals surface area contributed by atoms with Crippen LogP contribution in [0.1, 0.15) is 5.56 Å². The Morgan fingerprint density at radius 2 is 1.93 bits per heavy atom. The molecule has 1 heterocycles. The van der Waals surface area contributed by atoms with Gasteiger partial charge in [0.2, 0.25) is 0 Å². The number of hydrogen-bond acceptors (Lipinski definition) is 7. The van der Waals surface area contributed by atoms with Gasteiger partial charge in [-0.1, -0.05) is 6.07 Å². The summed E-state index contributed by atoms with van der Waals surface area (Å²) in [6.45, 7) is 0.497. The number of rotatable bonds is 6. The van der Waals surface area contributed by atoms with Crippen LogP contribution in [-0.4, -0.2) is 43.9 Å². The van der Waals surface area contributed by atoms with Gasteiger partial charge in [-0.2, -0.15) is 0 Å². The van der Waals surface area contributed by atoms with Crippen molar-refractivity contribution in [2.45, 2.75) is 0 Å². The highest BCUT2D eigenvalue weighted by atomic mass is 16.6. The Morgan fingerprint density at radius 1 is 1.14 bits per heavy atom. The Kier molecular flexibility index (Phi) is 6.01. The molecular weight excluding hydrogens is 366 g/mol. The zero-order valence-electron chi connectivity index (χ0n) is 15.1. The van der Waals surface area contributed by atoms with Crippen LogP contribution in [0.5, 0.6) is 23.0 Å². The largest absolute Gasteiger partial charge is 0.504 e. The van der Waals surface area contributed by atoms with E-state index in [-0.39, 0.29) is 11.5 Å². The Bertz CT molecular complexity index is 907. The maximum atomic E-state index is 12.0. The van der Waals surface area contributed by atoms with Crippen LogP contribution in [0.4, 0.5) is 5.69 Å². The molecule has 1 aliphatic heterocycles. The first-order valence-electron chi connectivity index (χ1n) is 8.46. The van der Waals surface area contributed by atoms with Gasteiger partial charge >= 0.3 is 5.97 Å². The van der Waals surface area contributed by atoms with Crippen molar-refractivity contribution in [3.05, 3.63) is 48.0 Å². The van der Waals surface area contributed by atoms with Crippen LogP contribution in [0, 0.1) is 0 Å². The molecule has 2 aromatic rings. The number of amides is 1. The van der Waals surface area contributed by atoms with Crippen LogP contribution < -0.4 is 19.5 Å². The minimum absolute atomic E-state index is 0.00182. The summed E-state index contributed by atoms with van der Waals surface area (Å²) in [5.41, 5.74) is 1.14. The predicted molar refractivity (Wildman–Crippen MR) is 101 cm³/mol. The molecule has 0 atom stereocenters. The maximum Gasteiger partial charge on any atom is 0.331 e. The fourth-order valence-corrected chi connectivity index (χ4v) is 2.47. The van der Waals surface area contributed by atoms with Gasteiger partial charge in [0.15, 0.2) is 29.6 Å². The average molecular weight is 385 g/mol. The number of fused-ring (bicyclic) bond motifs is 1. The van der Waals surface area contributed by atoms with Crippen molar-refractivity contribution in [3.8, 4) is 23.0 Å². The molecule has 8 nitrogen and oxygen atoms in total. The van der Waals surface area contributed by atoms with E-state index < -0.39 is 18.5 Å². The molecule has 0 radical (unpaired) electrons. The van der Waals surface area contributed by atoms with Crippen LogP contribution in [0.3, 0.4) is 0 Å². The number of carbonyl (C=O) groups is 2. The molecule has 1 amide bonds. The summed E-state index contributed by atoms with van der Waals surface area (Å²) in [5, 5.41) is 12.2. The van der Waals surface area contributed by atoms with E-state index in [9.17, 15) is 14.7 Å². The number of benzene rings is 2. The first-order chi connectivity index (χ1) is 13.5. The van der Waals surface area contributed by atoms with Gasteiger partial charge in [-0.05, 0) is 35.9 Å². The maximum absolute atomic E-state index is 12.0. The molecule has 0 bridgehead atoms. The van der Waals surface area contributed by atoms with Gasteiger partial charge in [0.25, 0.3) is 5.91 Å². The van der Waals surface area contributed by atoms with E-state index in [1.54, 1.807) is 30.3 Å².